The van der Waals surface area contributed by atoms with Gasteiger partial charge in [-0.25, -0.2) is 9.55 Å². The molecule has 2 aromatic carbocycles. The number of H-pyrrole nitrogens is 1. The molecule has 2 unspecified atom stereocenters. The second kappa shape index (κ2) is 22.2. The highest BCUT2D eigenvalue weighted by Crippen LogP contribution is 2.43. The number of benzene rings is 2. The highest BCUT2D eigenvalue weighted by molar-refractivity contribution is 5.32. The van der Waals surface area contributed by atoms with Crippen LogP contribution in [0.2, 0.25) is 0 Å². The Balaban J connectivity index is 1.61. The first-order chi connectivity index (χ1) is 21.7. The summed E-state index contributed by atoms with van der Waals surface area (Å²) in [6.45, 7) is 8.28. The van der Waals surface area contributed by atoms with E-state index in [-0.39, 0.29) is 5.41 Å². The molecule has 0 saturated carbocycles. The third-order valence-corrected chi connectivity index (χ3v) is 10.1. The fourth-order valence-electron chi connectivity index (χ4n) is 7.32. The van der Waals surface area contributed by atoms with Crippen molar-refractivity contribution in [3.05, 3.63) is 90.0 Å². The number of nitrogens with one attached hydrogen (secondary N) is 1. The third-order valence-electron chi connectivity index (χ3n) is 10.1. The van der Waals surface area contributed by atoms with Crippen LogP contribution >= 0.6 is 0 Å². The monoisotopic (exact) mass is 600 g/mol. The average Bonchev–Trinajstić information content (AvgIpc) is 3.51. The molecule has 2 atom stereocenters. The summed E-state index contributed by atoms with van der Waals surface area (Å²) in [5.74, 6) is 1.87. The summed E-state index contributed by atoms with van der Waals surface area (Å²) in [6.07, 6.45) is 33.1. The lowest BCUT2D eigenvalue weighted by Gasteiger charge is -2.37. The minimum Gasteiger partial charge on any atom is -0.247 e. The third kappa shape index (κ3) is 12.9. The van der Waals surface area contributed by atoms with Crippen LogP contribution in [0, 0.1) is 0 Å². The van der Waals surface area contributed by atoms with Gasteiger partial charge in [0.25, 0.3) is 5.82 Å². The molecule has 0 saturated heterocycles. The number of aromatic nitrogens is 2. The molecule has 0 bridgehead atoms. The van der Waals surface area contributed by atoms with E-state index in [0.29, 0.717) is 5.92 Å². The molecule has 1 heterocycles. The van der Waals surface area contributed by atoms with Gasteiger partial charge in [-0.2, -0.15) is 0 Å². The van der Waals surface area contributed by atoms with Crippen LogP contribution < -0.4 is 4.57 Å². The van der Waals surface area contributed by atoms with Crippen LogP contribution in [0.3, 0.4) is 0 Å². The Bertz CT molecular complexity index is 1070. The fourth-order valence-corrected chi connectivity index (χ4v) is 7.32. The summed E-state index contributed by atoms with van der Waals surface area (Å²) in [6, 6.07) is 22.6. The fraction of sp³-hybridized carbons (Fsp3) is 0.643. The van der Waals surface area contributed by atoms with Crippen molar-refractivity contribution >= 4 is 0 Å². The number of aryl methyl sites for hydroxylation is 1. The van der Waals surface area contributed by atoms with Gasteiger partial charge in [-0.05, 0) is 36.8 Å². The largest absolute Gasteiger partial charge is 0.258 e. The summed E-state index contributed by atoms with van der Waals surface area (Å²) < 4.78 is 2.58. The van der Waals surface area contributed by atoms with Crippen molar-refractivity contribution in [3.63, 3.8) is 0 Å². The summed E-state index contributed by atoms with van der Waals surface area (Å²) in [4.78, 5) is 3.79. The van der Waals surface area contributed by atoms with E-state index in [2.05, 4.69) is 103 Å². The first kappa shape index (κ1) is 36.1. The van der Waals surface area contributed by atoms with Crippen LogP contribution in [0.25, 0.3) is 0 Å². The molecule has 3 rings (SSSR count). The van der Waals surface area contributed by atoms with Gasteiger partial charge in [-0.3, -0.25) is 0 Å². The number of imidazole rings is 1. The number of unbranched alkanes of at least 4 members (excludes halogenated alkanes) is 17. The standard InChI is InChI=1S/C42H66N2/c1-4-6-8-10-12-13-14-15-16-17-18-20-28-35-44-36-34-43-41(44)40(33-27-19-11-9-7-5-2)42(3,39-31-25-22-26-32-39)37-38-29-23-21-24-30-38/h21-26,29-32,34,36,40H,4-20,27-28,33,35,37H2,1-3H3/p+1. The summed E-state index contributed by atoms with van der Waals surface area (Å²) in [5.41, 5.74) is 2.90. The van der Waals surface area contributed by atoms with E-state index in [1.165, 1.54) is 145 Å². The van der Waals surface area contributed by atoms with Gasteiger partial charge in [0.05, 0.1) is 12.5 Å². The Morgan fingerprint density at radius 3 is 1.61 bits per heavy atom. The zero-order chi connectivity index (χ0) is 31.1. The topological polar surface area (TPSA) is 19.7 Å². The Morgan fingerprint density at radius 2 is 1.07 bits per heavy atom. The van der Waals surface area contributed by atoms with Crippen LogP contribution in [-0.4, -0.2) is 4.98 Å². The molecule has 1 N–H and O–H groups in total. The average molecular weight is 600 g/mol. The van der Waals surface area contributed by atoms with Gasteiger partial charge in [-0.15, -0.1) is 0 Å². The van der Waals surface area contributed by atoms with E-state index >= 15 is 0 Å². The van der Waals surface area contributed by atoms with E-state index < -0.39 is 0 Å². The van der Waals surface area contributed by atoms with E-state index in [1.54, 1.807) is 0 Å². The molecule has 0 aliphatic carbocycles. The van der Waals surface area contributed by atoms with Crippen LogP contribution in [0.5, 0.6) is 0 Å². The molecular formula is C42H67N2+. The van der Waals surface area contributed by atoms with Gasteiger partial charge in [-0.1, -0.05) is 191 Å². The number of rotatable bonds is 26. The zero-order valence-electron chi connectivity index (χ0n) is 29.0. The van der Waals surface area contributed by atoms with Crippen LogP contribution in [0.1, 0.15) is 172 Å². The van der Waals surface area contributed by atoms with E-state index in [9.17, 15) is 0 Å². The first-order valence-corrected chi connectivity index (χ1v) is 18.8. The maximum atomic E-state index is 3.79. The Morgan fingerprint density at radius 1 is 0.591 bits per heavy atom. The molecule has 0 amide bonds. The molecule has 44 heavy (non-hydrogen) atoms. The normalized spacial score (nSPS) is 13.6. The Labute approximate surface area is 272 Å². The van der Waals surface area contributed by atoms with E-state index in [0.717, 1.165) is 13.0 Å². The molecular weight excluding hydrogens is 532 g/mol. The van der Waals surface area contributed by atoms with Crippen LogP contribution in [-0.2, 0) is 18.4 Å². The van der Waals surface area contributed by atoms with Crippen molar-refractivity contribution in [1.29, 1.82) is 0 Å². The van der Waals surface area contributed by atoms with Gasteiger partial charge >= 0.3 is 0 Å². The lowest BCUT2D eigenvalue weighted by Crippen LogP contribution is -2.43. The van der Waals surface area contributed by atoms with Crippen molar-refractivity contribution < 1.29 is 4.57 Å². The highest BCUT2D eigenvalue weighted by atomic mass is 15.1. The van der Waals surface area contributed by atoms with Crippen molar-refractivity contribution in [3.8, 4) is 0 Å². The van der Waals surface area contributed by atoms with Gasteiger partial charge in [0, 0.05) is 5.41 Å². The SMILES string of the molecule is CCCCCCCCCCCCCCC[n+]1cc[nH]c1C(CCCCCCCC)C(C)(Cc1ccccc1)c1ccccc1. The summed E-state index contributed by atoms with van der Waals surface area (Å²) in [7, 11) is 0. The van der Waals surface area contributed by atoms with Gasteiger partial charge < -0.3 is 0 Å². The molecule has 244 valence electrons. The molecule has 0 spiro atoms. The predicted molar refractivity (Wildman–Crippen MR) is 191 cm³/mol. The second-order valence-corrected chi connectivity index (χ2v) is 13.8. The maximum Gasteiger partial charge on any atom is 0.258 e. The lowest BCUT2D eigenvalue weighted by atomic mass is 9.66. The highest BCUT2D eigenvalue weighted by Gasteiger charge is 2.41. The minimum atomic E-state index is 0.00857. The Hall–Kier alpha value is -2.35. The lowest BCUT2D eigenvalue weighted by molar-refractivity contribution is -0.705. The van der Waals surface area contributed by atoms with E-state index in [4.69, 9.17) is 0 Å². The van der Waals surface area contributed by atoms with Crippen molar-refractivity contribution in [2.45, 2.75) is 173 Å². The zero-order valence-corrected chi connectivity index (χ0v) is 29.0. The number of aromatic amines is 1. The van der Waals surface area contributed by atoms with Gasteiger partial charge in [0.15, 0.2) is 0 Å². The smallest absolute Gasteiger partial charge is 0.247 e. The Kier molecular flexibility index (Phi) is 18.2. The quantitative estimate of drug-likeness (QED) is 0.0699. The van der Waals surface area contributed by atoms with Gasteiger partial charge in [0.2, 0.25) is 0 Å². The summed E-state index contributed by atoms with van der Waals surface area (Å²) >= 11 is 0. The van der Waals surface area contributed by atoms with Gasteiger partial charge in [0.1, 0.15) is 12.4 Å². The van der Waals surface area contributed by atoms with Crippen LogP contribution in [0.15, 0.2) is 73.1 Å². The number of hydrogen-bond acceptors (Lipinski definition) is 0. The number of hydrogen-bond donors (Lipinski definition) is 1. The molecule has 0 aliphatic rings. The number of nitrogens with zero attached hydrogens (tertiary/aromatic N) is 1. The predicted octanol–water partition coefficient (Wildman–Crippen LogP) is 12.4. The molecule has 1 aromatic heterocycles. The second-order valence-electron chi connectivity index (χ2n) is 13.8. The van der Waals surface area contributed by atoms with Crippen molar-refractivity contribution in [1.82, 2.24) is 4.98 Å². The molecule has 0 aliphatic heterocycles. The first-order valence-electron chi connectivity index (χ1n) is 18.8. The molecule has 2 heteroatoms. The minimum absolute atomic E-state index is 0.00857. The van der Waals surface area contributed by atoms with Crippen molar-refractivity contribution in [2.75, 3.05) is 0 Å². The molecule has 2 nitrogen and oxygen atoms in total. The van der Waals surface area contributed by atoms with Crippen LogP contribution in [0.4, 0.5) is 0 Å². The summed E-state index contributed by atoms with van der Waals surface area (Å²) in [5, 5.41) is 0. The van der Waals surface area contributed by atoms with Crippen molar-refractivity contribution in [2.24, 2.45) is 0 Å². The molecule has 0 radical (unpaired) electrons. The van der Waals surface area contributed by atoms with E-state index in [1.807, 2.05) is 0 Å². The molecule has 3 aromatic rings. The maximum absolute atomic E-state index is 3.79. The molecule has 0 fully saturated rings.